The van der Waals surface area contributed by atoms with Gasteiger partial charge in [0.25, 0.3) is 0 Å². The summed E-state index contributed by atoms with van der Waals surface area (Å²) in [4.78, 5) is 2.28. The van der Waals surface area contributed by atoms with Gasteiger partial charge in [-0.25, -0.2) is 0 Å². The smallest absolute Gasteiger partial charge is 0.122 e. The number of allylic oxidation sites excluding steroid dienone is 3. The van der Waals surface area contributed by atoms with E-state index in [0.29, 0.717) is 0 Å². The summed E-state index contributed by atoms with van der Waals surface area (Å²) >= 11 is 0. The summed E-state index contributed by atoms with van der Waals surface area (Å²) in [6.45, 7) is 9.93. The fraction of sp³-hybridized carbons (Fsp3) is 0.500. The van der Waals surface area contributed by atoms with Crippen LogP contribution in [0.15, 0.2) is 35.8 Å². The number of rotatable bonds is 3. The lowest BCUT2D eigenvalue weighted by Crippen LogP contribution is -2.24. The minimum Gasteiger partial charge on any atom is -0.463 e. The summed E-state index contributed by atoms with van der Waals surface area (Å²) in [7, 11) is 2.12. The Kier molecular flexibility index (Phi) is 3.96. The molecular weight excluding hydrogens is 174 g/mol. The summed E-state index contributed by atoms with van der Waals surface area (Å²) in [5, 5.41) is 0. The highest BCUT2D eigenvalue weighted by Crippen LogP contribution is 2.19. The first-order valence-electron chi connectivity index (χ1n) is 5.01. The molecule has 0 aromatic rings. The summed E-state index contributed by atoms with van der Waals surface area (Å²) in [5.41, 5.74) is 1.24. The Morgan fingerprint density at radius 3 is 2.86 bits per heavy atom. The highest BCUT2D eigenvalue weighted by molar-refractivity contribution is 5.26. The topological polar surface area (TPSA) is 12.5 Å². The number of likely N-dealkylation sites (N-methyl/N-ethyl adjacent to an activating group) is 1. The molecule has 0 unspecified atom stereocenters. The largest absolute Gasteiger partial charge is 0.463 e. The lowest BCUT2D eigenvalue weighted by atomic mass is 10.1. The average Bonchev–Trinajstić information content (AvgIpc) is 2.18. The molecule has 2 nitrogen and oxygen atoms in total. The van der Waals surface area contributed by atoms with Crippen molar-refractivity contribution in [3.05, 3.63) is 35.8 Å². The summed E-state index contributed by atoms with van der Waals surface area (Å²) < 4.78 is 5.55. The van der Waals surface area contributed by atoms with E-state index in [0.717, 1.165) is 31.0 Å². The van der Waals surface area contributed by atoms with Gasteiger partial charge in [0.15, 0.2) is 0 Å². The Morgan fingerprint density at radius 1 is 1.64 bits per heavy atom. The molecule has 1 heterocycles. The minimum absolute atomic E-state index is 0.800. The summed E-state index contributed by atoms with van der Waals surface area (Å²) in [5.74, 6) is 1.71. The quantitative estimate of drug-likeness (QED) is 0.639. The highest BCUT2D eigenvalue weighted by atomic mass is 16.5. The number of nitrogens with zero attached hydrogens (tertiary/aromatic N) is 1. The van der Waals surface area contributed by atoms with Crippen LogP contribution in [0.2, 0.25) is 0 Å². The Hall–Kier alpha value is -1.02. The third-order valence-corrected chi connectivity index (χ3v) is 2.46. The molecule has 2 heteroatoms. The molecule has 0 spiro atoms. The monoisotopic (exact) mass is 193 g/mol. The molecule has 0 bridgehead atoms. The van der Waals surface area contributed by atoms with Gasteiger partial charge < -0.3 is 9.64 Å². The lowest BCUT2D eigenvalue weighted by Gasteiger charge is -2.22. The molecule has 0 saturated carbocycles. The Labute approximate surface area is 86.6 Å². The Balaban J connectivity index is 2.53. The molecule has 0 saturated heterocycles. The molecule has 0 fully saturated rings. The maximum atomic E-state index is 5.55. The lowest BCUT2D eigenvalue weighted by molar-refractivity contribution is 0.300. The molecule has 78 valence electrons. The zero-order valence-corrected chi connectivity index (χ0v) is 9.34. The van der Waals surface area contributed by atoms with Gasteiger partial charge in [-0.3, -0.25) is 0 Å². The maximum Gasteiger partial charge on any atom is 0.122 e. The van der Waals surface area contributed by atoms with Crippen molar-refractivity contribution in [2.45, 2.75) is 20.3 Å². The van der Waals surface area contributed by atoms with Crippen LogP contribution in [0.25, 0.3) is 0 Å². The first-order chi connectivity index (χ1) is 6.63. The average molecular weight is 193 g/mol. The van der Waals surface area contributed by atoms with Crippen LogP contribution in [0.1, 0.15) is 20.3 Å². The molecule has 0 aromatic heterocycles. The van der Waals surface area contributed by atoms with E-state index in [-0.39, 0.29) is 0 Å². The third kappa shape index (κ3) is 3.04. The third-order valence-electron chi connectivity index (χ3n) is 2.46. The second-order valence-electron chi connectivity index (χ2n) is 3.67. The van der Waals surface area contributed by atoms with Crippen LogP contribution in [-0.4, -0.2) is 25.0 Å². The van der Waals surface area contributed by atoms with E-state index in [9.17, 15) is 0 Å². The normalized spacial score (nSPS) is 19.1. The zero-order valence-electron chi connectivity index (χ0n) is 9.34. The highest BCUT2D eigenvalue weighted by Gasteiger charge is 2.11. The van der Waals surface area contributed by atoms with Crippen molar-refractivity contribution < 1.29 is 4.74 Å². The van der Waals surface area contributed by atoms with E-state index in [1.807, 2.05) is 19.9 Å². The van der Waals surface area contributed by atoms with Gasteiger partial charge >= 0.3 is 0 Å². The van der Waals surface area contributed by atoms with Gasteiger partial charge in [0.05, 0.1) is 5.76 Å². The van der Waals surface area contributed by atoms with Crippen LogP contribution in [0, 0.1) is 0 Å². The molecule has 1 aliphatic rings. The first-order valence-corrected chi connectivity index (χ1v) is 5.01. The molecule has 0 amide bonds. The van der Waals surface area contributed by atoms with E-state index >= 15 is 0 Å². The van der Waals surface area contributed by atoms with Crippen molar-refractivity contribution in [1.82, 2.24) is 4.90 Å². The molecule has 1 rings (SSSR count). The van der Waals surface area contributed by atoms with Crippen LogP contribution < -0.4 is 0 Å². The Morgan fingerprint density at radius 2 is 2.36 bits per heavy atom. The number of hydrogen-bond acceptors (Lipinski definition) is 2. The Bertz CT molecular complexity index is 276. The molecule has 0 atom stereocenters. The van der Waals surface area contributed by atoms with Crippen LogP contribution >= 0.6 is 0 Å². The fourth-order valence-electron chi connectivity index (χ4n) is 1.34. The van der Waals surface area contributed by atoms with Gasteiger partial charge in [-0.15, -0.1) is 0 Å². The molecular formula is C12H19NO. The van der Waals surface area contributed by atoms with E-state index in [2.05, 4.69) is 24.6 Å². The van der Waals surface area contributed by atoms with Gasteiger partial charge in [0.1, 0.15) is 5.76 Å². The zero-order chi connectivity index (χ0) is 10.6. The predicted molar refractivity (Wildman–Crippen MR) is 59.9 cm³/mol. The van der Waals surface area contributed by atoms with Crippen molar-refractivity contribution in [2.75, 3.05) is 20.1 Å². The molecule has 1 aliphatic heterocycles. The second-order valence-corrected chi connectivity index (χ2v) is 3.67. The fourth-order valence-corrected chi connectivity index (χ4v) is 1.34. The standard InChI is InChI=1S/C12H19NO/c1-5-10(2)14-11(3)12-6-8-13(4)9-7-12/h5-6H,3,7-9H2,1-2,4H3/b10-5-. The van der Waals surface area contributed by atoms with Crippen molar-refractivity contribution in [1.29, 1.82) is 0 Å². The van der Waals surface area contributed by atoms with Crippen LogP contribution in [0.4, 0.5) is 0 Å². The van der Waals surface area contributed by atoms with Crippen molar-refractivity contribution in [3.8, 4) is 0 Å². The minimum atomic E-state index is 0.800. The maximum absolute atomic E-state index is 5.55. The molecule has 0 aliphatic carbocycles. The molecule has 0 N–H and O–H groups in total. The molecule has 0 aromatic carbocycles. The second kappa shape index (κ2) is 5.01. The molecule has 0 radical (unpaired) electrons. The van der Waals surface area contributed by atoms with Gasteiger partial charge in [-0.05, 0) is 39.0 Å². The van der Waals surface area contributed by atoms with Crippen LogP contribution in [0.5, 0.6) is 0 Å². The summed E-state index contributed by atoms with van der Waals surface area (Å²) in [6.07, 6.45) is 5.17. The van der Waals surface area contributed by atoms with Crippen LogP contribution in [-0.2, 0) is 4.74 Å². The van der Waals surface area contributed by atoms with Gasteiger partial charge in [-0.1, -0.05) is 12.7 Å². The SMILES string of the molecule is C=C(O/C(C)=C\C)C1=CCN(C)CC1. The van der Waals surface area contributed by atoms with Crippen molar-refractivity contribution in [3.63, 3.8) is 0 Å². The van der Waals surface area contributed by atoms with E-state index in [4.69, 9.17) is 4.74 Å². The van der Waals surface area contributed by atoms with Crippen molar-refractivity contribution in [2.24, 2.45) is 0 Å². The molecule has 14 heavy (non-hydrogen) atoms. The van der Waals surface area contributed by atoms with Crippen LogP contribution in [0.3, 0.4) is 0 Å². The predicted octanol–water partition coefficient (Wildman–Crippen LogP) is 2.70. The van der Waals surface area contributed by atoms with Gasteiger partial charge in [0.2, 0.25) is 0 Å². The summed E-state index contributed by atoms with van der Waals surface area (Å²) in [6, 6.07) is 0. The van der Waals surface area contributed by atoms with Crippen molar-refractivity contribution >= 4 is 0 Å². The van der Waals surface area contributed by atoms with Gasteiger partial charge in [0, 0.05) is 13.1 Å². The van der Waals surface area contributed by atoms with Gasteiger partial charge in [-0.2, -0.15) is 0 Å². The van der Waals surface area contributed by atoms with E-state index < -0.39 is 0 Å². The first kappa shape index (κ1) is 11.1. The number of hydrogen-bond donors (Lipinski definition) is 0. The van der Waals surface area contributed by atoms with E-state index in [1.54, 1.807) is 0 Å². The van der Waals surface area contributed by atoms with E-state index in [1.165, 1.54) is 5.57 Å². The number of ether oxygens (including phenoxy) is 1.